The molecule has 46 heavy (non-hydrogen) atoms. The number of carbonyl (C=O) groups is 4. The zero-order chi connectivity index (χ0) is 33.7. The van der Waals surface area contributed by atoms with Gasteiger partial charge in [-0.3, -0.25) is 29.0 Å². The van der Waals surface area contributed by atoms with E-state index in [1.807, 2.05) is 96.3 Å². The second-order valence-corrected chi connectivity index (χ2v) is 16.4. The number of carboxylic acid groups (broad SMARTS) is 2. The summed E-state index contributed by atoms with van der Waals surface area (Å²) in [5.41, 5.74) is 4.05. The smallest absolute Gasteiger partial charge is 0.321 e. The normalized spacial score (nSPS) is 23.2. The van der Waals surface area contributed by atoms with Crippen molar-refractivity contribution in [1.82, 2.24) is 9.80 Å². The van der Waals surface area contributed by atoms with Crippen LogP contribution in [0.2, 0.25) is 0 Å². The molecule has 2 heterocycles. The molecular weight excluding hydrogens is 665 g/mol. The maximum Gasteiger partial charge on any atom is 0.321 e. The van der Waals surface area contributed by atoms with Crippen LogP contribution in [-0.2, 0) is 19.2 Å². The van der Waals surface area contributed by atoms with Gasteiger partial charge < -0.3 is 20.0 Å². The summed E-state index contributed by atoms with van der Waals surface area (Å²) in [5.74, 6) is -2.02. The van der Waals surface area contributed by atoms with Crippen LogP contribution in [0.5, 0.6) is 0 Å². The Morgan fingerprint density at radius 3 is 1.30 bits per heavy atom. The molecule has 4 rings (SSSR count). The van der Waals surface area contributed by atoms with Crippen molar-refractivity contribution >= 4 is 78.7 Å². The highest BCUT2D eigenvalue weighted by atomic mass is 33.1. The average Bonchev–Trinajstić information content (AvgIpc) is 3.64. The molecule has 2 aliphatic heterocycles. The van der Waals surface area contributed by atoms with Crippen LogP contribution in [0.25, 0.3) is 0 Å². The monoisotopic (exact) mass is 706 g/mol. The van der Waals surface area contributed by atoms with Crippen molar-refractivity contribution in [3.8, 4) is 0 Å². The molecule has 2 saturated heterocycles. The molecule has 2 aromatic rings. The van der Waals surface area contributed by atoms with Crippen molar-refractivity contribution in [3.63, 3.8) is 0 Å². The number of hydrogen-bond acceptors (Lipinski definition) is 12. The zero-order valence-corrected chi connectivity index (χ0v) is 30.1. The van der Waals surface area contributed by atoms with Crippen molar-refractivity contribution in [2.45, 2.75) is 36.7 Å². The van der Waals surface area contributed by atoms with E-state index in [-0.39, 0.29) is 34.1 Å². The van der Waals surface area contributed by atoms with Crippen molar-refractivity contribution in [2.24, 2.45) is 11.8 Å². The number of nitrogens with zero attached hydrogens (tertiary/aromatic N) is 4. The van der Waals surface area contributed by atoms with Gasteiger partial charge in [0.15, 0.2) is 0 Å². The third kappa shape index (κ3) is 8.75. The van der Waals surface area contributed by atoms with Crippen LogP contribution in [0.1, 0.15) is 35.7 Å². The number of benzene rings is 2. The predicted octanol–water partition coefficient (Wildman–Crippen LogP) is 5.23. The lowest BCUT2D eigenvalue weighted by Crippen LogP contribution is -2.42. The van der Waals surface area contributed by atoms with Gasteiger partial charge in [-0.25, -0.2) is 0 Å². The minimum atomic E-state index is -0.919. The molecule has 2 aromatic carbocycles. The summed E-state index contributed by atoms with van der Waals surface area (Å²) in [6, 6.07) is 14.6. The zero-order valence-electron chi connectivity index (χ0n) is 26.9. The minimum Gasteiger partial charge on any atom is -0.480 e. The average molecular weight is 707 g/mol. The third-order valence-corrected chi connectivity index (χ3v) is 13.4. The van der Waals surface area contributed by atoms with Crippen molar-refractivity contribution < 1.29 is 29.4 Å². The number of anilines is 2. The Morgan fingerprint density at radius 1 is 0.696 bits per heavy atom. The molecule has 4 unspecified atom stereocenters. The molecule has 0 spiro atoms. The molecule has 2 N–H and O–H groups in total. The van der Waals surface area contributed by atoms with Gasteiger partial charge in [-0.05, 0) is 57.0 Å². The summed E-state index contributed by atoms with van der Waals surface area (Å²) in [6.07, 6.45) is 0. The number of carbonyl (C=O) groups excluding carboxylic acids is 2. The topological polar surface area (TPSA) is 122 Å². The molecule has 14 heteroatoms. The van der Waals surface area contributed by atoms with E-state index in [0.717, 1.165) is 44.1 Å². The van der Waals surface area contributed by atoms with Crippen LogP contribution in [-0.4, -0.2) is 107 Å². The minimum absolute atomic E-state index is 0.195. The molecule has 6 atom stereocenters. The lowest BCUT2D eigenvalue weighted by atomic mass is 10.1. The second kappa shape index (κ2) is 16.2. The van der Waals surface area contributed by atoms with Crippen molar-refractivity contribution in [3.05, 3.63) is 59.7 Å². The molecule has 0 radical (unpaired) electrons. The van der Waals surface area contributed by atoms with Gasteiger partial charge in [-0.2, -0.15) is 0 Å². The highest BCUT2D eigenvalue weighted by molar-refractivity contribution is 8.87. The number of aliphatic carboxylic acids is 2. The summed E-state index contributed by atoms with van der Waals surface area (Å²) in [7, 11) is 9.60. The van der Waals surface area contributed by atoms with Crippen LogP contribution in [0.15, 0.2) is 48.5 Å². The van der Waals surface area contributed by atoms with E-state index in [9.17, 15) is 29.4 Å². The van der Waals surface area contributed by atoms with Crippen LogP contribution in [0, 0.1) is 11.8 Å². The Bertz CT molecular complexity index is 1290. The first kappa shape index (κ1) is 36.5. The van der Waals surface area contributed by atoms with Crippen LogP contribution < -0.4 is 9.80 Å². The lowest BCUT2D eigenvalue weighted by molar-refractivity contribution is -0.143. The first-order chi connectivity index (χ1) is 21.8. The van der Waals surface area contributed by atoms with Crippen molar-refractivity contribution in [1.29, 1.82) is 0 Å². The Labute approximate surface area is 287 Å². The fourth-order valence-electron chi connectivity index (χ4n) is 5.42. The predicted molar refractivity (Wildman–Crippen MR) is 192 cm³/mol. The van der Waals surface area contributed by atoms with Crippen LogP contribution in [0.4, 0.5) is 11.4 Å². The second-order valence-electron chi connectivity index (χ2n) is 12.1. The molecular formula is C32H42N4O6S4. The maximum atomic E-state index is 13.2. The van der Waals surface area contributed by atoms with Gasteiger partial charge in [0.25, 0.3) is 0 Å². The summed E-state index contributed by atoms with van der Waals surface area (Å²) in [4.78, 5) is 58.3. The van der Waals surface area contributed by atoms with Gasteiger partial charge in [0, 0.05) is 76.0 Å². The molecule has 0 saturated carbocycles. The van der Waals surface area contributed by atoms with Gasteiger partial charge in [0.05, 0.1) is 10.7 Å². The number of carboxylic acids is 2. The molecule has 250 valence electrons. The molecule has 0 amide bonds. The SMILES string of the molecule is C[C@@H](CN1C(C(=O)O)CSC1c1ccc(N(C)C)cc1)C(=O)SSC(=O)[C@@H](C)CN1C(C(=O)O)CSC1c1ccc(N(C)C)cc1. The van der Waals surface area contributed by atoms with Crippen LogP contribution >= 0.6 is 45.1 Å². The number of hydrogen-bond donors (Lipinski definition) is 2. The van der Waals surface area contributed by atoms with Crippen molar-refractivity contribution in [2.75, 3.05) is 62.6 Å². The summed E-state index contributed by atoms with van der Waals surface area (Å²) in [5, 5.41) is 19.0. The van der Waals surface area contributed by atoms with Gasteiger partial charge in [0.2, 0.25) is 10.2 Å². The number of rotatable bonds is 12. The molecule has 2 aliphatic rings. The first-order valence-corrected chi connectivity index (χ1v) is 19.2. The molecule has 0 aliphatic carbocycles. The molecule has 0 aromatic heterocycles. The third-order valence-electron chi connectivity index (χ3n) is 8.17. The van der Waals surface area contributed by atoms with E-state index >= 15 is 0 Å². The van der Waals surface area contributed by atoms with E-state index in [1.165, 1.54) is 0 Å². The Kier molecular flexibility index (Phi) is 12.8. The van der Waals surface area contributed by atoms with Gasteiger partial charge >= 0.3 is 11.9 Å². The molecule has 0 bridgehead atoms. The van der Waals surface area contributed by atoms with Gasteiger partial charge in [-0.15, -0.1) is 23.5 Å². The quantitative estimate of drug-likeness (QED) is 0.280. The fourth-order valence-corrected chi connectivity index (χ4v) is 10.5. The maximum absolute atomic E-state index is 13.2. The highest BCUT2D eigenvalue weighted by Gasteiger charge is 2.42. The van der Waals surface area contributed by atoms with E-state index in [2.05, 4.69) is 0 Å². The van der Waals surface area contributed by atoms with Crippen LogP contribution in [0.3, 0.4) is 0 Å². The first-order valence-electron chi connectivity index (χ1n) is 15.0. The molecule has 10 nitrogen and oxygen atoms in total. The fraction of sp³-hybridized carbons (Fsp3) is 0.500. The Morgan fingerprint density at radius 2 is 1.02 bits per heavy atom. The largest absolute Gasteiger partial charge is 0.480 e. The highest BCUT2D eigenvalue weighted by Crippen LogP contribution is 2.44. The Balaban J connectivity index is 1.36. The summed E-state index contributed by atoms with van der Waals surface area (Å²) in [6.45, 7) is 4.03. The lowest BCUT2D eigenvalue weighted by Gasteiger charge is -2.30. The van der Waals surface area contributed by atoms with E-state index in [0.29, 0.717) is 11.5 Å². The number of thioether (sulfide) groups is 2. The Hall–Kier alpha value is -2.36. The summed E-state index contributed by atoms with van der Waals surface area (Å²) >= 11 is 3.10. The van der Waals surface area contributed by atoms with E-state index < -0.39 is 35.9 Å². The van der Waals surface area contributed by atoms with E-state index in [4.69, 9.17) is 0 Å². The molecule has 2 fully saturated rings. The van der Waals surface area contributed by atoms with Gasteiger partial charge in [-0.1, -0.05) is 38.1 Å². The standard InChI is InChI=1S/C32H42N4O6S4/c1-19(15-35-25(29(37)38)17-43-27(35)21-7-11-23(12-8-21)33(3)4)31(41)45-46-32(42)20(2)16-36-26(30(39)40)18-44-28(36)22-9-13-24(14-10-22)34(5)6/h7-14,19-20,25-28H,15-18H2,1-6H3,(H,37,38)(H,39,40)/t19-,20-,25?,26?,27?,28?/m0/s1. The summed E-state index contributed by atoms with van der Waals surface area (Å²) < 4.78 is 0. The van der Waals surface area contributed by atoms with E-state index in [1.54, 1.807) is 37.4 Å². The van der Waals surface area contributed by atoms with Gasteiger partial charge in [0.1, 0.15) is 12.1 Å².